The van der Waals surface area contributed by atoms with Gasteiger partial charge in [0.1, 0.15) is 0 Å². The Labute approximate surface area is 150 Å². The summed E-state index contributed by atoms with van der Waals surface area (Å²) in [6, 6.07) is 0. The van der Waals surface area contributed by atoms with Gasteiger partial charge in [-0.15, -0.1) is 0 Å². The summed E-state index contributed by atoms with van der Waals surface area (Å²) >= 11 is 0. The van der Waals surface area contributed by atoms with E-state index < -0.39 is 0 Å². The highest BCUT2D eigenvalue weighted by molar-refractivity contribution is 5.20. The summed E-state index contributed by atoms with van der Waals surface area (Å²) in [7, 11) is 2.10. The minimum atomic E-state index is 0.703. The van der Waals surface area contributed by atoms with Crippen LogP contribution in [-0.4, -0.2) is 13.6 Å². The van der Waals surface area contributed by atoms with Crippen LogP contribution in [0.5, 0.6) is 0 Å². The summed E-state index contributed by atoms with van der Waals surface area (Å²) in [4.78, 5) is 0. The fourth-order valence-electron chi connectivity index (χ4n) is 8.38. The van der Waals surface area contributed by atoms with E-state index in [0.29, 0.717) is 5.41 Å². The molecule has 9 atom stereocenters. The standard InChI is InChI=1S/C23H41N/c1-15-9-19-11-21(17(3)20(19)10-15)23-13-18(7-6-8-24-5)16(2)12-22(23,4)14-23/h15-21,24H,6-14H2,1-5H3. The second-order valence-electron chi connectivity index (χ2n) is 11.0. The molecule has 0 aromatic carbocycles. The van der Waals surface area contributed by atoms with Crippen LogP contribution in [-0.2, 0) is 0 Å². The van der Waals surface area contributed by atoms with Gasteiger partial charge < -0.3 is 5.32 Å². The molecular weight excluding hydrogens is 290 g/mol. The molecule has 0 aromatic rings. The Morgan fingerprint density at radius 3 is 2.54 bits per heavy atom. The van der Waals surface area contributed by atoms with Crippen molar-refractivity contribution in [2.45, 2.75) is 79.1 Å². The predicted molar refractivity (Wildman–Crippen MR) is 103 cm³/mol. The van der Waals surface area contributed by atoms with Crippen LogP contribution in [0.2, 0.25) is 0 Å². The Hall–Kier alpha value is -0.0400. The van der Waals surface area contributed by atoms with Crippen LogP contribution in [0.3, 0.4) is 0 Å². The highest BCUT2D eigenvalue weighted by atomic mass is 14.8. The molecular formula is C23H41N. The summed E-state index contributed by atoms with van der Waals surface area (Å²) in [5.74, 6) is 7.19. The fourth-order valence-corrected chi connectivity index (χ4v) is 8.38. The van der Waals surface area contributed by atoms with E-state index >= 15 is 0 Å². The van der Waals surface area contributed by atoms with Crippen molar-refractivity contribution in [3.8, 4) is 0 Å². The molecule has 0 radical (unpaired) electrons. The first kappa shape index (κ1) is 17.4. The van der Waals surface area contributed by atoms with Gasteiger partial charge in [0.05, 0.1) is 0 Å². The molecule has 4 aliphatic carbocycles. The maximum absolute atomic E-state index is 3.35. The van der Waals surface area contributed by atoms with Crippen LogP contribution in [0.15, 0.2) is 0 Å². The fraction of sp³-hybridized carbons (Fsp3) is 1.00. The average molecular weight is 332 g/mol. The molecule has 4 rings (SSSR count). The summed E-state index contributed by atoms with van der Waals surface area (Å²) in [6.07, 6.45) is 12.2. The van der Waals surface area contributed by atoms with E-state index in [1.165, 1.54) is 32.2 Å². The third-order valence-electron chi connectivity index (χ3n) is 9.55. The Balaban J connectivity index is 1.48. The summed E-state index contributed by atoms with van der Waals surface area (Å²) in [6.45, 7) is 11.6. The first-order valence-corrected chi connectivity index (χ1v) is 11.0. The largest absolute Gasteiger partial charge is 0.320 e. The smallest absolute Gasteiger partial charge is 0.00518 e. The molecule has 0 saturated heterocycles. The summed E-state index contributed by atoms with van der Waals surface area (Å²) < 4.78 is 0. The molecule has 0 spiro atoms. The van der Waals surface area contributed by atoms with Gasteiger partial charge in [-0.05, 0) is 117 Å². The van der Waals surface area contributed by atoms with Crippen LogP contribution in [0.1, 0.15) is 79.1 Å². The second kappa shape index (κ2) is 6.00. The molecule has 4 aliphatic rings. The van der Waals surface area contributed by atoms with Gasteiger partial charge >= 0.3 is 0 Å². The van der Waals surface area contributed by atoms with Gasteiger partial charge in [0.25, 0.3) is 0 Å². The van der Waals surface area contributed by atoms with Crippen molar-refractivity contribution in [1.82, 2.24) is 5.32 Å². The minimum Gasteiger partial charge on any atom is -0.320 e. The van der Waals surface area contributed by atoms with Gasteiger partial charge in [-0.2, -0.15) is 0 Å². The van der Waals surface area contributed by atoms with Gasteiger partial charge in [-0.25, -0.2) is 0 Å². The number of hydrogen-bond acceptors (Lipinski definition) is 1. The molecule has 1 nitrogen and oxygen atoms in total. The molecule has 4 saturated carbocycles. The van der Waals surface area contributed by atoms with Crippen LogP contribution < -0.4 is 5.32 Å². The molecule has 4 fully saturated rings. The van der Waals surface area contributed by atoms with E-state index in [1.54, 1.807) is 25.7 Å². The monoisotopic (exact) mass is 331 g/mol. The van der Waals surface area contributed by atoms with Crippen LogP contribution in [0, 0.1) is 52.3 Å². The van der Waals surface area contributed by atoms with Crippen molar-refractivity contribution in [2.75, 3.05) is 13.6 Å². The zero-order valence-corrected chi connectivity index (χ0v) is 16.9. The Morgan fingerprint density at radius 1 is 1.04 bits per heavy atom. The van der Waals surface area contributed by atoms with Crippen LogP contribution >= 0.6 is 0 Å². The zero-order chi connectivity index (χ0) is 17.1. The lowest BCUT2D eigenvalue weighted by atomic mass is 9.62. The number of rotatable bonds is 5. The third kappa shape index (κ3) is 2.51. The van der Waals surface area contributed by atoms with Gasteiger partial charge in [0, 0.05) is 0 Å². The summed E-state index contributed by atoms with van der Waals surface area (Å²) in [5.41, 5.74) is 1.45. The molecule has 1 heteroatoms. The average Bonchev–Trinajstić information content (AvgIpc) is 2.78. The zero-order valence-electron chi connectivity index (χ0n) is 16.9. The molecule has 0 bridgehead atoms. The van der Waals surface area contributed by atoms with Crippen molar-refractivity contribution < 1.29 is 0 Å². The van der Waals surface area contributed by atoms with Crippen molar-refractivity contribution >= 4 is 0 Å². The van der Waals surface area contributed by atoms with E-state index in [-0.39, 0.29) is 0 Å². The lowest BCUT2D eigenvalue weighted by Gasteiger charge is -2.43. The molecule has 0 heterocycles. The number of nitrogens with one attached hydrogen (secondary N) is 1. The topological polar surface area (TPSA) is 12.0 Å². The first-order chi connectivity index (χ1) is 11.4. The number of fused-ring (bicyclic) bond motifs is 2. The molecule has 0 aliphatic heterocycles. The molecule has 1 N–H and O–H groups in total. The second-order valence-corrected chi connectivity index (χ2v) is 11.0. The van der Waals surface area contributed by atoms with Gasteiger partial charge in [0.2, 0.25) is 0 Å². The van der Waals surface area contributed by atoms with Crippen molar-refractivity contribution in [3.05, 3.63) is 0 Å². The van der Waals surface area contributed by atoms with Gasteiger partial charge in [-0.1, -0.05) is 27.7 Å². The van der Waals surface area contributed by atoms with Gasteiger partial charge in [0.15, 0.2) is 0 Å². The molecule has 9 unspecified atom stereocenters. The Bertz CT molecular complexity index is 473. The quantitative estimate of drug-likeness (QED) is 0.633. The maximum atomic E-state index is 3.35. The van der Waals surface area contributed by atoms with Crippen LogP contribution in [0.4, 0.5) is 0 Å². The first-order valence-electron chi connectivity index (χ1n) is 11.0. The van der Waals surface area contributed by atoms with E-state index in [4.69, 9.17) is 0 Å². The van der Waals surface area contributed by atoms with Crippen LogP contribution in [0.25, 0.3) is 0 Å². The normalized spacial score (nSPS) is 56.1. The predicted octanol–water partition coefficient (Wildman–Crippen LogP) is 5.75. The van der Waals surface area contributed by atoms with E-state index in [1.807, 2.05) is 0 Å². The van der Waals surface area contributed by atoms with E-state index in [0.717, 1.165) is 46.8 Å². The van der Waals surface area contributed by atoms with E-state index in [9.17, 15) is 0 Å². The molecule has 138 valence electrons. The van der Waals surface area contributed by atoms with Gasteiger partial charge in [-0.3, -0.25) is 0 Å². The Morgan fingerprint density at radius 2 is 1.83 bits per heavy atom. The molecule has 0 aromatic heterocycles. The lowest BCUT2D eigenvalue weighted by Crippen LogP contribution is -2.35. The highest BCUT2D eigenvalue weighted by Crippen LogP contribution is 2.80. The van der Waals surface area contributed by atoms with Crippen molar-refractivity contribution in [3.63, 3.8) is 0 Å². The highest BCUT2D eigenvalue weighted by Gasteiger charge is 2.72. The SMILES string of the molecule is CNCCCC1CC2(C3CC4CC(C)CC4C3C)CC2(C)CC1C. The molecule has 0 amide bonds. The lowest BCUT2D eigenvalue weighted by molar-refractivity contribution is 0.0600. The van der Waals surface area contributed by atoms with E-state index in [2.05, 4.69) is 40.1 Å². The van der Waals surface area contributed by atoms with Crippen molar-refractivity contribution in [2.24, 2.45) is 52.3 Å². The molecule has 24 heavy (non-hydrogen) atoms. The Kier molecular flexibility index (Phi) is 4.34. The third-order valence-corrected chi connectivity index (χ3v) is 9.55. The number of hydrogen-bond donors (Lipinski definition) is 1. The summed E-state index contributed by atoms with van der Waals surface area (Å²) in [5, 5.41) is 3.35. The van der Waals surface area contributed by atoms with Crippen molar-refractivity contribution in [1.29, 1.82) is 0 Å². The maximum Gasteiger partial charge on any atom is -0.00518 e. The minimum absolute atomic E-state index is 0.703.